The Labute approximate surface area is 163 Å². The standard InChI is InChI=1S/C20H25N3O5/c1-3-5-6-7-17(25)21-15-10-8-14(9-11-15)16(24)13-23-19(27)18(26)22(12-4-2)20(23)28/h8-11H,3-7,12-13H2,1-2H3,(H,21,25). The van der Waals surface area contributed by atoms with Gasteiger partial charge in [-0.2, -0.15) is 0 Å². The fourth-order valence-electron chi connectivity index (χ4n) is 2.84. The van der Waals surface area contributed by atoms with Gasteiger partial charge in [0.05, 0.1) is 6.54 Å². The van der Waals surface area contributed by atoms with Crippen molar-refractivity contribution in [3.05, 3.63) is 29.8 Å². The summed E-state index contributed by atoms with van der Waals surface area (Å²) in [6.07, 6.45) is 3.82. The summed E-state index contributed by atoms with van der Waals surface area (Å²) in [6, 6.07) is 5.45. The molecule has 1 saturated heterocycles. The molecule has 2 rings (SSSR count). The molecule has 0 saturated carbocycles. The molecule has 1 aliphatic heterocycles. The maximum atomic E-state index is 12.4. The van der Waals surface area contributed by atoms with Crippen LogP contribution in [0.2, 0.25) is 0 Å². The average molecular weight is 387 g/mol. The van der Waals surface area contributed by atoms with Crippen LogP contribution < -0.4 is 5.32 Å². The summed E-state index contributed by atoms with van der Waals surface area (Å²) in [5.41, 5.74) is 0.849. The number of unbranched alkanes of at least 4 members (excludes halogenated alkanes) is 2. The fourth-order valence-corrected chi connectivity index (χ4v) is 2.84. The number of carbonyl (C=O) groups is 5. The lowest BCUT2D eigenvalue weighted by Crippen LogP contribution is -2.37. The van der Waals surface area contributed by atoms with Crippen LogP contribution in [0.3, 0.4) is 0 Å². The van der Waals surface area contributed by atoms with Crippen LogP contribution in [0.15, 0.2) is 24.3 Å². The van der Waals surface area contributed by atoms with Gasteiger partial charge >= 0.3 is 17.8 Å². The van der Waals surface area contributed by atoms with Crippen molar-refractivity contribution >= 4 is 35.2 Å². The zero-order valence-corrected chi connectivity index (χ0v) is 16.2. The van der Waals surface area contributed by atoms with E-state index in [9.17, 15) is 24.0 Å². The van der Waals surface area contributed by atoms with Gasteiger partial charge in [0.25, 0.3) is 0 Å². The summed E-state index contributed by atoms with van der Waals surface area (Å²) < 4.78 is 0. The molecule has 0 unspecified atom stereocenters. The van der Waals surface area contributed by atoms with Gasteiger partial charge in [0.2, 0.25) is 5.91 Å². The van der Waals surface area contributed by atoms with E-state index in [-0.39, 0.29) is 18.0 Å². The highest BCUT2D eigenvalue weighted by atomic mass is 16.2. The smallest absolute Gasteiger partial charge is 0.326 e. The Morgan fingerprint density at radius 1 is 0.893 bits per heavy atom. The van der Waals surface area contributed by atoms with E-state index in [1.807, 2.05) is 0 Å². The van der Waals surface area contributed by atoms with Gasteiger partial charge in [-0.25, -0.2) is 9.69 Å². The number of carbonyl (C=O) groups excluding carboxylic acids is 5. The second kappa shape index (κ2) is 9.77. The highest BCUT2D eigenvalue weighted by Gasteiger charge is 2.44. The van der Waals surface area contributed by atoms with Crippen molar-refractivity contribution in [1.82, 2.24) is 9.80 Å². The van der Waals surface area contributed by atoms with Crippen LogP contribution in [-0.2, 0) is 14.4 Å². The van der Waals surface area contributed by atoms with Crippen molar-refractivity contribution in [2.45, 2.75) is 46.0 Å². The number of Topliss-reactive ketones (excluding diaryl/α,β-unsaturated/α-hetero) is 1. The monoisotopic (exact) mass is 387 g/mol. The van der Waals surface area contributed by atoms with E-state index in [1.165, 1.54) is 12.1 Å². The molecule has 0 atom stereocenters. The van der Waals surface area contributed by atoms with E-state index in [2.05, 4.69) is 12.2 Å². The number of ketones is 1. The molecule has 150 valence electrons. The van der Waals surface area contributed by atoms with Crippen LogP contribution >= 0.6 is 0 Å². The SMILES string of the molecule is CCCCCC(=O)Nc1ccc(C(=O)CN2C(=O)C(=O)N(CCC)C2=O)cc1. The summed E-state index contributed by atoms with van der Waals surface area (Å²) in [7, 11) is 0. The van der Waals surface area contributed by atoms with E-state index < -0.39 is 30.2 Å². The average Bonchev–Trinajstić information content (AvgIpc) is 2.87. The fraction of sp³-hybridized carbons (Fsp3) is 0.450. The molecule has 1 aromatic carbocycles. The van der Waals surface area contributed by atoms with Crippen molar-refractivity contribution in [3.63, 3.8) is 0 Å². The summed E-state index contributed by atoms with van der Waals surface area (Å²) in [5.74, 6) is -2.44. The number of imide groups is 2. The predicted molar refractivity (Wildman–Crippen MR) is 103 cm³/mol. The summed E-state index contributed by atoms with van der Waals surface area (Å²) in [6.45, 7) is 3.49. The molecule has 0 radical (unpaired) electrons. The number of urea groups is 1. The van der Waals surface area contributed by atoms with E-state index in [1.54, 1.807) is 19.1 Å². The minimum absolute atomic E-state index is 0.0877. The van der Waals surface area contributed by atoms with E-state index in [0.717, 1.165) is 24.2 Å². The zero-order chi connectivity index (χ0) is 20.7. The van der Waals surface area contributed by atoms with Crippen LogP contribution in [0.25, 0.3) is 0 Å². The lowest BCUT2D eigenvalue weighted by molar-refractivity contribution is -0.143. The Balaban J connectivity index is 1.96. The molecule has 1 heterocycles. The normalized spacial score (nSPS) is 14.0. The highest BCUT2D eigenvalue weighted by Crippen LogP contribution is 2.16. The minimum atomic E-state index is -0.984. The van der Waals surface area contributed by atoms with E-state index in [0.29, 0.717) is 23.4 Å². The van der Waals surface area contributed by atoms with Crippen LogP contribution in [0.4, 0.5) is 10.5 Å². The molecule has 0 aliphatic carbocycles. The first-order chi connectivity index (χ1) is 13.4. The van der Waals surface area contributed by atoms with Crippen LogP contribution in [0.5, 0.6) is 0 Å². The molecular weight excluding hydrogens is 362 g/mol. The topological polar surface area (TPSA) is 104 Å². The maximum Gasteiger partial charge on any atom is 0.334 e. The molecule has 0 bridgehead atoms. The highest BCUT2D eigenvalue weighted by molar-refractivity contribution is 6.45. The predicted octanol–water partition coefficient (Wildman–Crippen LogP) is 2.59. The third kappa shape index (κ3) is 5.03. The molecule has 28 heavy (non-hydrogen) atoms. The first kappa shape index (κ1) is 21.3. The number of hydrogen-bond donors (Lipinski definition) is 1. The third-order valence-electron chi connectivity index (χ3n) is 4.38. The Hall–Kier alpha value is -3.03. The largest absolute Gasteiger partial charge is 0.334 e. The molecule has 5 amide bonds. The maximum absolute atomic E-state index is 12.4. The second-order valence-electron chi connectivity index (χ2n) is 6.64. The number of anilines is 1. The van der Waals surface area contributed by atoms with Gasteiger partial charge in [0.15, 0.2) is 5.78 Å². The van der Waals surface area contributed by atoms with E-state index >= 15 is 0 Å². The number of benzene rings is 1. The van der Waals surface area contributed by atoms with Crippen LogP contribution in [-0.4, -0.2) is 52.4 Å². The Kier molecular flexibility index (Phi) is 7.43. The molecule has 1 N–H and O–H groups in total. The van der Waals surface area contributed by atoms with Gasteiger partial charge < -0.3 is 5.32 Å². The van der Waals surface area contributed by atoms with Gasteiger partial charge in [-0.3, -0.25) is 24.1 Å². The first-order valence-corrected chi connectivity index (χ1v) is 9.49. The van der Waals surface area contributed by atoms with Crippen molar-refractivity contribution in [3.8, 4) is 0 Å². The molecule has 0 aromatic heterocycles. The molecule has 1 aliphatic rings. The molecular formula is C20H25N3O5. The number of amides is 5. The zero-order valence-electron chi connectivity index (χ0n) is 16.2. The number of nitrogens with zero attached hydrogens (tertiary/aromatic N) is 2. The van der Waals surface area contributed by atoms with Crippen molar-refractivity contribution in [1.29, 1.82) is 0 Å². The molecule has 0 spiro atoms. The van der Waals surface area contributed by atoms with Gasteiger partial charge in [-0.15, -0.1) is 0 Å². The molecule has 1 aromatic rings. The van der Waals surface area contributed by atoms with Crippen molar-refractivity contribution in [2.24, 2.45) is 0 Å². The van der Waals surface area contributed by atoms with Crippen LogP contribution in [0.1, 0.15) is 56.3 Å². The number of rotatable bonds is 10. The lowest BCUT2D eigenvalue weighted by atomic mass is 10.1. The molecule has 8 heteroatoms. The van der Waals surface area contributed by atoms with Gasteiger partial charge in [-0.1, -0.05) is 26.7 Å². The number of hydrogen-bond acceptors (Lipinski definition) is 5. The Bertz CT molecular complexity index is 773. The molecule has 1 fully saturated rings. The molecule has 8 nitrogen and oxygen atoms in total. The minimum Gasteiger partial charge on any atom is -0.326 e. The quantitative estimate of drug-likeness (QED) is 0.288. The van der Waals surface area contributed by atoms with E-state index in [4.69, 9.17) is 0 Å². The van der Waals surface area contributed by atoms with Crippen LogP contribution in [0, 0.1) is 0 Å². The number of nitrogens with one attached hydrogen (secondary N) is 1. The third-order valence-corrected chi connectivity index (χ3v) is 4.38. The van der Waals surface area contributed by atoms with Gasteiger partial charge in [0.1, 0.15) is 0 Å². The second-order valence-corrected chi connectivity index (χ2v) is 6.64. The lowest BCUT2D eigenvalue weighted by Gasteiger charge is -2.14. The Morgan fingerprint density at radius 3 is 2.14 bits per heavy atom. The van der Waals surface area contributed by atoms with Crippen molar-refractivity contribution < 1.29 is 24.0 Å². The van der Waals surface area contributed by atoms with Gasteiger partial charge in [-0.05, 0) is 37.1 Å². The Morgan fingerprint density at radius 2 is 1.54 bits per heavy atom. The summed E-state index contributed by atoms with van der Waals surface area (Å²) in [5, 5.41) is 2.76. The summed E-state index contributed by atoms with van der Waals surface area (Å²) >= 11 is 0. The summed E-state index contributed by atoms with van der Waals surface area (Å²) in [4.78, 5) is 61.7. The van der Waals surface area contributed by atoms with Crippen molar-refractivity contribution in [2.75, 3.05) is 18.4 Å². The van der Waals surface area contributed by atoms with Gasteiger partial charge in [0, 0.05) is 24.2 Å². The first-order valence-electron chi connectivity index (χ1n) is 9.49.